The molecule has 0 aromatic rings. The predicted octanol–water partition coefficient (Wildman–Crippen LogP) is -1.98. The van der Waals surface area contributed by atoms with Crippen LogP contribution in [0.25, 0.3) is 0 Å². The molecule has 18 heavy (non-hydrogen) atoms. The molecular weight excluding hydrogens is 270 g/mol. The lowest BCUT2D eigenvalue weighted by Crippen LogP contribution is -2.53. The first kappa shape index (κ1) is 14.8. The maximum absolute atomic E-state index is 11.0. The van der Waals surface area contributed by atoms with Crippen LogP contribution >= 0.6 is 0 Å². The molecule has 0 spiro atoms. The van der Waals surface area contributed by atoms with Gasteiger partial charge >= 0.3 is 11.9 Å². The van der Waals surface area contributed by atoms with Gasteiger partial charge in [0.1, 0.15) is 5.92 Å². The number of carboxylic acid groups (broad SMARTS) is 2. The Morgan fingerprint density at radius 1 is 1.28 bits per heavy atom. The Balaban J connectivity index is 3.08. The Morgan fingerprint density at radius 2 is 1.89 bits per heavy atom. The lowest BCUT2D eigenvalue weighted by molar-refractivity contribution is -0.154. The molecule has 3 unspecified atom stereocenters. The molecule has 0 aliphatic carbocycles. The third-order valence-corrected chi connectivity index (χ3v) is 3.67. The standard InChI is InChI=1S/C8H13NO8S/c10-7(11)5(4-3-9-1-2-17-4)6(8(12)13)18(14,15)16/h4-6,9H,1-3H2,(H,10,11)(H,12,13)(H,14,15,16). The van der Waals surface area contributed by atoms with Crippen LogP contribution < -0.4 is 5.32 Å². The molecule has 1 rings (SSSR count). The van der Waals surface area contributed by atoms with Crippen LogP contribution in [0.1, 0.15) is 0 Å². The van der Waals surface area contributed by atoms with Crippen molar-refractivity contribution in [2.24, 2.45) is 5.92 Å². The van der Waals surface area contributed by atoms with E-state index < -0.39 is 39.3 Å². The van der Waals surface area contributed by atoms with Crippen LogP contribution in [-0.2, 0) is 24.4 Å². The highest BCUT2D eigenvalue weighted by Gasteiger charge is 2.48. The van der Waals surface area contributed by atoms with E-state index >= 15 is 0 Å². The first-order chi connectivity index (χ1) is 8.25. The van der Waals surface area contributed by atoms with Gasteiger partial charge in [-0.1, -0.05) is 0 Å². The maximum atomic E-state index is 11.0. The van der Waals surface area contributed by atoms with Gasteiger partial charge < -0.3 is 20.3 Å². The van der Waals surface area contributed by atoms with E-state index in [1.807, 2.05) is 0 Å². The van der Waals surface area contributed by atoms with Crippen molar-refractivity contribution in [3.8, 4) is 0 Å². The quantitative estimate of drug-likeness (QED) is 0.420. The Kier molecular flexibility index (Phi) is 4.62. The van der Waals surface area contributed by atoms with E-state index in [1.54, 1.807) is 0 Å². The zero-order chi connectivity index (χ0) is 13.9. The van der Waals surface area contributed by atoms with Crippen LogP contribution in [0.3, 0.4) is 0 Å². The van der Waals surface area contributed by atoms with Gasteiger partial charge in [-0.3, -0.25) is 14.1 Å². The number of ether oxygens (including phenoxy) is 1. The largest absolute Gasteiger partial charge is 0.481 e. The van der Waals surface area contributed by atoms with Gasteiger partial charge in [-0.15, -0.1) is 0 Å². The lowest BCUT2D eigenvalue weighted by atomic mass is 9.97. The summed E-state index contributed by atoms with van der Waals surface area (Å²) in [6.45, 7) is 0.578. The van der Waals surface area contributed by atoms with E-state index in [0.717, 1.165) is 0 Å². The molecule has 0 amide bonds. The van der Waals surface area contributed by atoms with Crippen molar-refractivity contribution in [1.82, 2.24) is 5.32 Å². The second-order valence-corrected chi connectivity index (χ2v) is 5.29. The van der Waals surface area contributed by atoms with Crippen molar-refractivity contribution >= 4 is 22.1 Å². The molecule has 1 heterocycles. The zero-order valence-electron chi connectivity index (χ0n) is 9.14. The smallest absolute Gasteiger partial charge is 0.325 e. The first-order valence-electron chi connectivity index (χ1n) is 4.99. The second kappa shape index (κ2) is 5.61. The van der Waals surface area contributed by atoms with E-state index in [2.05, 4.69) is 5.32 Å². The van der Waals surface area contributed by atoms with E-state index in [9.17, 15) is 18.0 Å². The molecule has 1 aliphatic rings. The van der Waals surface area contributed by atoms with Gasteiger partial charge in [0.2, 0.25) is 0 Å². The maximum Gasteiger partial charge on any atom is 0.325 e. The molecule has 9 nitrogen and oxygen atoms in total. The molecule has 104 valence electrons. The monoisotopic (exact) mass is 283 g/mol. The van der Waals surface area contributed by atoms with E-state index in [1.165, 1.54) is 0 Å². The second-order valence-electron chi connectivity index (χ2n) is 3.75. The van der Waals surface area contributed by atoms with Crippen LogP contribution in [0.2, 0.25) is 0 Å². The summed E-state index contributed by atoms with van der Waals surface area (Å²) in [5, 5.41) is 18.0. The number of nitrogens with one attached hydrogen (secondary N) is 1. The number of carbonyl (C=O) groups is 2. The molecule has 0 saturated carbocycles. The van der Waals surface area contributed by atoms with Crippen LogP contribution in [0, 0.1) is 5.92 Å². The van der Waals surface area contributed by atoms with Crippen molar-refractivity contribution < 1.29 is 37.5 Å². The number of rotatable bonds is 5. The summed E-state index contributed by atoms with van der Waals surface area (Å²) in [5.41, 5.74) is 0. The molecule has 10 heteroatoms. The molecule has 0 aromatic carbocycles. The Hall–Kier alpha value is -1.23. The van der Waals surface area contributed by atoms with E-state index in [-0.39, 0.29) is 13.2 Å². The Morgan fingerprint density at radius 3 is 2.22 bits per heavy atom. The van der Waals surface area contributed by atoms with Gasteiger partial charge in [-0.25, -0.2) is 0 Å². The summed E-state index contributed by atoms with van der Waals surface area (Å²) in [6, 6.07) is 0. The van der Waals surface area contributed by atoms with Crippen molar-refractivity contribution in [1.29, 1.82) is 0 Å². The topological polar surface area (TPSA) is 150 Å². The highest BCUT2D eigenvalue weighted by atomic mass is 32.2. The minimum atomic E-state index is -5.05. The average molecular weight is 283 g/mol. The van der Waals surface area contributed by atoms with Gasteiger partial charge in [0.05, 0.1) is 12.7 Å². The zero-order valence-corrected chi connectivity index (χ0v) is 9.96. The normalized spacial score (nSPS) is 24.2. The minimum Gasteiger partial charge on any atom is -0.481 e. The Bertz CT molecular complexity index is 426. The molecule has 1 fully saturated rings. The fraction of sp³-hybridized carbons (Fsp3) is 0.750. The van der Waals surface area contributed by atoms with Crippen LogP contribution in [0.5, 0.6) is 0 Å². The molecule has 0 bridgehead atoms. The SMILES string of the molecule is O=C(O)C(C1CNCCO1)C(C(=O)O)S(=O)(=O)O. The van der Waals surface area contributed by atoms with Crippen molar-refractivity contribution in [2.75, 3.05) is 19.7 Å². The van der Waals surface area contributed by atoms with Crippen LogP contribution in [-0.4, -0.2) is 66.2 Å². The molecule has 1 aliphatic heterocycles. The van der Waals surface area contributed by atoms with Crippen LogP contribution in [0.4, 0.5) is 0 Å². The lowest BCUT2D eigenvalue weighted by Gasteiger charge is -2.30. The highest BCUT2D eigenvalue weighted by molar-refractivity contribution is 7.87. The van der Waals surface area contributed by atoms with Gasteiger partial charge in [0.25, 0.3) is 10.1 Å². The van der Waals surface area contributed by atoms with Gasteiger partial charge in [-0.2, -0.15) is 8.42 Å². The van der Waals surface area contributed by atoms with Crippen molar-refractivity contribution in [3.63, 3.8) is 0 Å². The van der Waals surface area contributed by atoms with Gasteiger partial charge in [0.15, 0.2) is 5.25 Å². The highest BCUT2D eigenvalue weighted by Crippen LogP contribution is 2.21. The summed E-state index contributed by atoms with van der Waals surface area (Å²) in [5.74, 6) is -5.47. The molecule has 0 aromatic heterocycles. The van der Waals surface area contributed by atoms with E-state index in [0.29, 0.717) is 6.54 Å². The Labute approximate surface area is 102 Å². The van der Waals surface area contributed by atoms with Crippen LogP contribution in [0.15, 0.2) is 0 Å². The van der Waals surface area contributed by atoms with Crippen molar-refractivity contribution in [2.45, 2.75) is 11.4 Å². The molecular formula is C8H13NO8S. The fourth-order valence-corrected chi connectivity index (χ4v) is 2.68. The number of morpholine rings is 1. The molecule has 3 atom stereocenters. The summed E-state index contributed by atoms with van der Waals surface area (Å²) in [6.07, 6.45) is -1.14. The molecule has 0 radical (unpaired) electrons. The summed E-state index contributed by atoms with van der Waals surface area (Å²) in [7, 11) is -5.05. The number of aliphatic carboxylic acids is 2. The summed E-state index contributed by atoms with van der Waals surface area (Å²) >= 11 is 0. The summed E-state index contributed by atoms with van der Waals surface area (Å²) in [4.78, 5) is 21.9. The molecule has 1 saturated heterocycles. The molecule has 4 N–H and O–H groups in total. The van der Waals surface area contributed by atoms with E-state index in [4.69, 9.17) is 19.5 Å². The van der Waals surface area contributed by atoms with Gasteiger partial charge in [0, 0.05) is 13.1 Å². The fourth-order valence-electron chi connectivity index (χ4n) is 1.77. The predicted molar refractivity (Wildman–Crippen MR) is 56.7 cm³/mol. The number of hydrogen-bond donors (Lipinski definition) is 4. The average Bonchev–Trinajstić information content (AvgIpc) is 2.24. The van der Waals surface area contributed by atoms with Crippen molar-refractivity contribution in [3.05, 3.63) is 0 Å². The first-order valence-corrected chi connectivity index (χ1v) is 6.49. The van der Waals surface area contributed by atoms with Gasteiger partial charge in [-0.05, 0) is 0 Å². The third-order valence-electron chi connectivity index (χ3n) is 2.53. The minimum absolute atomic E-state index is 0.00370. The number of hydrogen-bond acceptors (Lipinski definition) is 6. The third kappa shape index (κ3) is 3.38. The number of carboxylic acids is 2. The summed E-state index contributed by atoms with van der Waals surface area (Å²) < 4.78 is 35.9.